The molecule has 0 aliphatic carbocycles. The van der Waals surface area contributed by atoms with Crippen LogP contribution in [0.15, 0.2) is 24.3 Å². The van der Waals surface area contributed by atoms with Crippen molar-refractivity contribution in [1.82, 2.24) is 4.90 Å². The summed E-state index contributed by atoms with van der Waals surface area (Å²) < 4.78 is 13.5. The second kappa shape index (κ2) is 6.49. The van der Waals surface area contributed by atoms with Gasteiger partial charge in [0.15, 0.2) is 0 Å². The topological polar surface area (TPSA) is 29.3 Å². The van der Waals surface area contributed by atoms with E-state index in [-0.39, 0.29) is 17.9 Å². The third-order valence-electron chi connectivity index (χ3n) is 4.19. The molecule has 0 amide bonds. The quantitative estimate of drug-likeness (QED) is 0.902. The summed E-state index contributed by atoms with van der Waals surface area (Å²) in [6, 6.07) is 7.62. The lowest BCUT2D eigenvalue weighted by Crippen LogP contribution is -2.47. The highest BCUT2D eigenvalue weighted by Gasteiger charge is 2.31. The molecule has 3 atom stereocenters. The predicted octanol–water partition coefficient (Wildman–Crippen LogP) is 3.48. The summed E-state index contributed by atoms with van der Waals surface area (Å²) in [6.45, 7) is 5.32. The molecule has 0 aromatic heterocycles. The normalized spacial score (nSPS) is 24.1. The van der Waals surface area contributed by atoms with Crippen LogP contribution >= 0.6 is 0 Å². The molecule has 0 bridgehead atoms. The number of likely N-dealkylation sites (tertiary alicyclic amines) is 1. The molecule has 2 nitrogen and oxygen atoms in total. The molecule has 3 heteroatoms. The molecule has 19 heavy (non-hydrogen) atoms. The minimum absolute atomic E-state index is 0.00829. The van der Waals surface area contributed by atoms with Gasteiger partial charge in [0, 0.05) is 18.1 Å². The van der Waals surface area contributed by atoms with Crippen LogP contribution < -0.4 is 5.73 Å². The molecule has 1 saturated heterocycles. The Hall–Kier alpha value is -0.930. The summed E-state index contributed by atoms with van der Waals surface area (Å²) in [5.74, 6) is -0.173. The van der Waals surface area contributed by atoms with Gasteiger partial charge in [-0.1, -0.05) is 25.5 Å². The Bertz CT molecular complexity index is 405. The van der Waals surface area contributed by atoms with Gasteiger partial charge in [-0.15, -0.1) is 0 Å². The zero-order chi connectivity index (χ0) is 13.8. The Labute approximate surface area is 115 Å². The number of hydrogen-bond donors (Lipinski definition) is 1. The molecule has 1 aliphatic rings. The Balaban J connectivity index is 2.28. The van der Waals surface area contributed by atoms with Gasteiger partial charge in [0.1, 0.15) is 5.82 Å². The van der Waals surface area contributed by atoms with Gasteiger partial charge in [0.05, 0.1) is 0 Å². The molecule has 106 valence electrons. The number of piperidine rings is 1. The summed E-state index contributed by atoms with van der Waals surface area (Å²) in [4.78, 5) is 2.49. The first-order valence-electron chi connectivity index (χ1n) is 7.40. The average Bonchev–Trinajstić information content (AvgIpc) is 2.39. The fraction of sp³-hybridized carbons (Fsp3) is 0.625. The van der Waals surface area contributed by atoms with Crippen LogP contribution in [0.4, 0.5) is 4.39 Å². The van der Waals surface area contributed by atoms with Crippen molar-refractivity contribution >= 4 is 0 Å². The van der Waals surface area contributed by atoms with E-state index in [1.165, 1.54) is 25.3 Å². The van der Waals surface area contributed by atoms with E-state index >= 15 is 0 Å². The van der Waals surface area contributed by atoms with Gasteiger partial charge in [-0.2, -0.15) is 0 Å². The summed E-state index contributed by atoms with van der Waals surface area (Å²) in [5, 5.41) is 0. The van der Waals surface area contributed by atoms with Gasteiger partial charge in [0.2, 0.25) is 0 Å². The van der Waals surface area contributed by atoms with Crippen molar-refractivity contribution in [3.63, 3.8) is 0 Å². The van der Waals surface area contributed by atoms with Gasteiger partial charge in [0.25, 0.3) is 0 Å². The third kappa shape index (κ3) is 3.34. The Morgan fingerprint density at radius 3 is 2.84 bits per heavy atom. The van der Waals surface area contributed by atoms with Gasteiger partial charge >= 0.3 is 0 Å². The third-order valence-corrected chi connectivity index (χ3v) is 4.19. The predicted molar refractivity (Wildman–Crippen MR) is 77.4 cm³/mol. The fourth-order valence-corrected chi connectivity index (χ4v) is 3.32. The van der Waals surface area contributed by atoms with Crippen LogP contribution in [-0.2, 0) is 0 Å². The first-order chi connectivity index (χ1) is 9.13. The van der Waals surface area contributed by atoms with Crippen molar-refractivity contribution < 1.29 is 4.39 Å². The van der Waals surface area contributed by atoms with Crippen molar-refractivity contribution in [3.8, 4) is 0 Å². The lowest BCUT2D eigenvalue weighted by Gasteiger charge is -2.43. The van der Waals surface area contributed by atoms with E-state index in [2.05, 4.69) is 11.8 Å². The molecule has 2 rings (SSSR count). The number of hydrogen-bond acceptors (Lipinski definition) is 2. The van der Waals surface area contributed by atoms with Crippen LogP contribution in [0.5, 0.6) is 0 Å². The number of rotatable bonds is 4. The van der Waals surface area contributed by atoms with Crippen molar-refractivity contribution in [2.45, 2.75) is 57.7 Å². The van der Waals surface area contributed by atoms with E-state index in [4.69, 9.17) is 5.73 Å². The highest BCUT2D eigenvalue weighted by molar-refractivity contribution is 5.22. The van der Waals surface area contributed by atoms with Crippen molar-refractivity contribution in [1.29, 1.82) is 0 Å². The van der Waals surface area contributed by atoms with Gasteiger partial charge in [-0.05, 0) is 50.4 Å². The maximum Gasteiger partial charge on any atom is 0.123 e. The van der Waals surface area contributed by atoms with E-state index in [0.29, 0.717) is 6.04 Å². The maximum atomic E-state index is 13.5. The lowest BCUT2D eigenvalue weighted by molar-refractivity contribution is 0.0796. The molecular formula is C16H25FN2. The van der Waals surface area contributed by atoms with E-state index in [1.54, 1.807) is 12.1 Å². The fourth-order valence-electron chi connectivity index (χ4n) is 3.32. The molecule has 1 aliphatic heterocycles. The smallest absolute Gasteiger partial charge is 0.123 e. The highest BCUT2D eigenvalue weighted by atomic mass is 19.1. The number of nitrogens with two attached hydrogens (primary N) is 1. The van der Waals surface area contributed by atoms with E-state index in [9.17, 15) is 4.39 Å². The Morgan fingerprint density at radius 1 is 1.42 bits per heavy atom. The standard InChI is InChI=1S/C16H25FN2/c1-3-15-9-4-5-10-19(15)16(12(2)18)13-7-6-8-14(17)11-13/h6-8,11-12,15-16H,3-5,9-10,18H2,1-2H3. The zero-order valence-electron chi connectivity index (χ0n) is 12.0. The van der Waals surface area contributed by atoms with Crippen LogP contribution in [-0.4, -0.2) is 23.5 Å². The van der Waals surface area contributed by atoms with Gasteiger partial charge in [-0.3, -0.25) is 4.90 Å². The van der Waals surface area contributed by atoms with Crippen LogP contribution in [0, 0.1) is 5.82 Å². The Kier molecular flexibility index (Phi) is 4.94. The maximum absolute atomic E-state index is 13.5. The molecule has 0 spiro atoms. The monoisotopic (exact) mass is 264 g/mol. The largest absolute Gasteiger partial charge is 0.326 e. The van der Waals surface area contributed by atoms with Crippen LogP contribution in [0.25, 0.3) is 0 Å². The number of benzene rings is 1. The van der Waals surface area contributed by atoms with Crippen molar-refractivity contribution in [2.75, 3.05) is 6.54 Å². The molecule has 0 radical (unpaired) electrons. The zero-order valence-corrected chi connectivity index (χ0v) is 12.0. The molecule has 1 aromatic rings. The first-order valence-corrected chi connectivity index (χ1v) is 7.40. The molecule has 0 saturated carbocycles. The lowest BCUT2D eigenvalue weighted by atomic mass is 9.92. The minimum atomic E-state index is -0.173. The van der Waals surface area contributed by atoms with Crippen molar-refractivity contribution in [3.05, 3.63) is 35.6 Å². The first kappa shape index (κ1) is 14.5. The molecule has 1 fully saturated rings. The van der Waals surface area contributed by atoms with Crippen LogP contribution in [0.3, 0.4) is 0 Å². The summed E-state index contributed by atoms with van der Waals surface area (Å²) in [7, 11) is 0. The van der Waals surface area contributed by atoms with Crippen LogP contribution in [0.2, 0.25) is 0 Å². The minimum Gasteiger partial charge on any atom is -0.326 e. The van der Waals surface area contributed by atoms with Gasteiger partial charge < -0.3 is 5.73 Å². The molecule has 2 N–H and O–H groups in total. The summed E-state index contributed by atoms with van der Waals surface area (Å²) >= 11 is 0. The highest BCUT2D eigenvalue weighted by Crippen LogP contribution is 2.32. The molecule has 1 heterocycles. The molecule has 1 aromatic carbocycles. The summed E-state index contributed by atoms with van der Waals surface area (Å²) in [5.41, 5.74) is 7.21. The Morgan fingerprint density at radius 2 is 2.21 bits per heavy atom. The molecule has 3 unspecified atom stereocenters. The number of nitrogens with zero attached hydrogens (tertiary/aromatic N) is 1. The van der Waals surface area contributed by atoms with E-state index in [1.807, 2.05) is 13.0 Å². The average molecular weight is 264 g/mol. The molecular weight excluding hydrogens is 239 g/mol. The van der Waals surface area contributed by atoms with Crippen molar-refractivity contribution in [2.24, 2.45) is 5.73 Å². The second-order valence-electron chi connectivity index (χ2n) is 5.65. The van der Waals surface area contributed by atoms with E-state index in [0.717, 1.165) is 18.5 Å². The summed E-state index contributed by atoms with van der Waals surface area (Å²) in [6.07, 6.45) is 4.88. The van der Waals surface area contributed by atoms with Gasteiger partial charge in [-0.25, -0.2) is 4.39 Å². The SMILES string of the molecule is CCC1CCCCN1C(c1cccc(F)c1)C(C)N. The number of halogens is 1. The van der Waals surface area contributed by atoms with Crippen LogP contribution in [0.1, 0.15) is 51.1 Å². The second-order valence-corrected chi connectivity index (χ2v) is 5.65. The van der Waals surface area contributed by atoms with E-state index < -0.39 is 0 Å².